The maximum atomic E-state index is 14.6. The number of halogens is 1. The lowest BCUT2D eigenvalue weighted by Gasteiger charge is -2.16. The molecule has 10 heteroatoms. The normalized spacial score (nSPS) is 11.9. The Labute approximate surface area is 190 Å². The van der Waals surface area contributed by atoms with Crippen molar-refractivity contribution in [3.8, 4) is 5.69 Å². The van der Waals surface area contributed by atoms with Crippen molar-refractivity contribution in [2.24, 2.45) is 5.73 Å². The zero-order valence-electron chi connectivity index (χ0n) is 16.7. The van der Waals surface area contributed by atoms with E-state index in [9.17, 15) is 18.8 Å². The maximum Gasteiger partial charge on any atom is 0.266 e. The minimum Gasteiger partial charge on any atom is -0.366 e. The van der Waals surface area contributed by atoms with Gasteiger partial charge in [-0.25, -0.2) is 9.37 Å². The van der Waals surface area contributed by atoms with Crippen LogP contribution in [0, 0.1) is 5.82 Å². The van der Waals surface area contributed by atoms with Gasteiger partial charge in [-0.3, -0.25) is 19.0 Å². The van der Waals surface area contributed by atoms with E-state index < -0.39 is 28.4 Å². The second-order valence-corrected chi connectivity index (χ2v) is 9.00. The fourth-order valence-electron chi connectivity index (χ4n) is 3.06. The molecule has 0 saturated heterocycles. The van der Waals surface area contributed by atoms with E-state index in [0.29, 0.717) is 15.9 Å². The van der Waals surface area contributed by atoms with Crippen LogP contribution in [-0.2, 0) is 4.79 Å². The number of benzene rings is 2. The van der Waals surface area contributed by atoms with Crippen LogP contribution in [0.4, 0.5) is 9.39 Å². The molecule has 1 atom stereocenters. The Balaban J connectivity index is 1.73. The molecule has 2 aromatic heterocycles. The molecule has 3 N–H and O–H groups in total. The molecule has 2 heterocycles. The molecule has 4 aromatic rings. The average molecular weight is 469 g/mol. The van der Waals surface area contributed by atoms with Crippen LogP contribution in [0.1, 0.15) is 17.3 Å². The summed E-state index contributed by atoms with van der Waals surface area (Å²) in [5, 5.41) is 4.46. The van der Waals surface area contributed by atoms with Crippen LogP contribution < -0.4 is 16.6 Å². The van der Waals surface area contributed by atoms with Crippen LogP contribution in [0.15, 0.2) is 69.9 Å². The van der Waals surface area contributed by atoms with Gasteiger partial charge in [0.15, 0.2) is 5.16 Å². The van der Waals surface area contributed by atoms with Gasteiger partial charge >= 0.3 is 0 Å². The molecule has 0 saturated carbocycles. The molecule has 162 valence electrons. The summed E-state index contributed by atoms with van der Waals surface area (Å²) in [7, 11) is 0. The van der Waals surface area contributed by atoms with E-state index in [4.69, 9.17) is 5.73 Å². The minimum absolute atomic E-state index is 0.0418. The van der Waals surface area contributed by atoms with Gasteiger partial charge in [0, 0.05) is 0 Å². The van der Waals surface area contributed by atoms with Crippen LogP contribution in [-0.4, -0.2) is 26.6 Å². The highest BCUT2D eigenvalue weighted by molar-refractivity contribution is 8.00. The smallest absolute Gasteiger partial charge is 0.266 e. The molecule has 1 unspecified atom stereocenters. The van der Waals surface area contributed by atoms with E-state index in [-0.39, 0.29) is 16.4 Å². The minimum atomic E-state index is -0.719. The predicted molar refractivity (Wildman–Crippen MR) is 124 cm³/mol. The number of hydrogen-bond donors (Lipinski definition) is 2. The quantitative estimate of drug-likeness (QED) is 0.331. The topological polar surface area (TPSA) is 107 Å². The molecule has 0 fully saturated rings. The number of nitrogens with one attached hydrogen (secondary N) is 1. The summed E-state index contributed by atoms with van der Waals surface area (Å²) in [6, 6.07) is 14.2. The number of carbonyl (C=O) groups excluding carboxylic acids is 2. The summed E-state index contributed by atoms with van der Waals surface area (Å²) in [5.74, 6) is -1.65. The summed E-state index contributed by atoms with van der Waals surface area (Å²) in [4.78, 5) is 42.0. The SMILES string of the molecule is CC(Sc1nc2ccccc2c(=O)n1-c1ccccc1F)C(=O)Nc1sccc1C(N)=O. The van der Waals surface area contributed by atoms with Crippen molar-refractivity contribution < 1.29 is 14.0 Å². The second-order valence-electron chi connectivity index (χ2n) is 6.78. The Kier molecular flexibility index (Phi) is 6.06. The number of fused-ring (bicyclic) bond motifs is 1. The lowest BCUT2D eigenvalue weighted by Crippen LogP contribution is -2.27. The highest BCUT2D eigenvalue weighted by Crippen LogP contribution is 2.28. The molecule has 0 aliphatic rings. The number of primary amides is 1. The Morgan fingerprint density at radius 3 is 2.62 bits per heavy atom. The van der Waals surface area contributed by atoms with E-state index in [1.807, 2.05) is 0 Å². The van der Waals surface area contributed by atoms with Gasteiger partial charge in [-0.1, -0.05) is 36.0 Å². The Bertz CT molecular complexity index is 1400. The summed E-state index contributed by atoms with van der Waals surface area (Å²) in [6.07, 6.45) is 0. The third kappa shape index (κ3) is 4.14. The van der Waals surface area contributed by atoms with E-state index in [0.717, 1.165) is 11.8 Å². The van der Waals surface area contributed by atoms with Gasteiger partial charge in [0.1, 0.15) is 10.8 Å². The first kappa shape index (κ1) is 21.7. The molecular formula is C22H17FN4O3S2. The number of thiophene rings is 1. The van der Waals surface area contributed by atoms with Gasteiger partial charge in [-0.05, 0) is 42.6 Å². The van der Waals surface area contributed by atoms with Crippen molar-refractivity contribution in [2.75, 3.05) is 5.32 Å². The number of aromatic nitrogens is 2. The Morgan fingerprint density at radius 1 is 1.16 bits per heavy atom. The number of amides is 2. The first-order valence-electron chi connectivity index (χ1n) is 9.48. The predicted octanol–water partition coefficient (Wildman–Crippen LogP) is 3.80. The lowest BCUT2D eigenvalue weighted by atomic mass is 10.2. The molecular weight excluding hydrogens is 451 g/mol. The molecule has 32 heavy (non-hydrogen) atoms. The standard InChI is InChI=1S/C22H17FN4O3S2/c1-12(19(29)26-20-14(18(24)28)10-11-31-20)32-22-25-16-8-4-2-6-13(16)21(30)27(22)17-9-5-3-7-15(17)23/h2-12H,1H3,(H2,24,28)(H,26,29). The first-order chi connectivity index (χ1) is 15.4. The number of thioether (sulfide) groups is 1. The lowest BCUT2D eigenvalue weighted by molar-refractivity contribution is -0.115. The summed E-state index contributed by atoms with van der Waals surface area (Å²) < 4.78 is 15.8. The van der Waals surface area contributed by atoms with E-state index in [1.54, 1.807) is 42.6 Å². The Morgan fingerprint density at radius 2 is 1.88 bits per heavy atom. The maximum absolute atomic E-state index is 14.6. The van der Waals surface area contributed by atoms with Crippen molar-refractivity contribution in [2.45, 2.75) is 17.3 Å². The molecule has 0 bridgehead atoms. The largest absolute Gasteiger partial charge is 0.366 e. The van der Waals surface area contributed by atoms with E-state index in [1.165, 1.54) is 40.2 Å². The van der Waals surface area contributed by atoms with Crippen molar-refractivity contribution >= 4 is 50.8 Å². The van der Waals surface area contributed by atoms with E-state index >= 15 is 0 Å². The molecule has 0 radical (unpaired) electrons. The van der Waals surface area contributed by atoms with Gasteiger partial charge in [0.2, 0.25) is 5.91 Å². The zero-order chi connectivity index (χ0) is 22.8. The third-order valence-electron chi connectivity index (χ3n) is 4.66. The molecule has 7 nitrogen and oxygen atoms in total. The molecule has 4 rings (SSSR count). The number of nitrogens with two attached hydrogens (primary N) is 1. The highest BCUT2D eigenvalue weighted by Gasteiger charge is 2.23. The number of para-hydroxylation sites is 2. The third-order valence-corrected chi connectivity index (χ3v) is 6.54. The Hall–Kier alpha value is -3.50. The van der Waals surface area contributed by atoms with Crippen molar-refractivity contribution in [3.63, 3.8) is 0 Å². The van der Waals surface area contributed by atoms with Gasteiger partial charge in [0.25, 0.3) is 11.5 Å². The molecule has 0 aliphatic heterocycles. The van der Waals surface area contributed by atoms with Gasteiger partial charge < -0.3 is 11.1 Å². The van der Waals surface area contributed by atoms with Crippen LogP contribution >= 0.6 is 23.1 Å². The van der Waals surface area contributed by atoms with Gasteiger partial charge in [-0.15, -0.1) is 11.3 Å². The summed E-state index contributed by atoms with van der Waals surface area (Å²) >= 11 is 2.18. The monoisotopic (exact) mass is 468 g/mol. The average Bonchev–Trinajstić information content (AvgIpc) is 3.23. The molecule has 0 aliphatic carbocycles. The highest BCUT2D eigenvalue weighted by atomic mass is 32.2. The second kappa shape index (κ2) is 8.93. The fraction of sp³-hybridized carbons (Fsp3) is 0.0909. The zero-order valence-corrected chi connectivity index (χ0v) is 18.4. The number of carbonyl (C=O) groups is 2. The van der Waals surface area contributed by atoms with Crippen LogP contribution in [0.25, 0.3) is 16.6 Å². The van der Waals surface area contributed by atoms with Crippen LogP contribution in [0.2, 0.25) is 0 Å². The van der Waals surface area contributed by atoms with Gasteiger partial charge in [-0.2, -0.15) is 0 Å². The fourth-order valence-corrected chi connectivity index (χ4v) is 4.78. The first-order valence-corrected chi connectivity index (χ1v) is 11.2. The molecule has 2 amide bonds. The number of anilines is 1. The molecule has 2 aromatic carbocycles. The summed E-state index contributed by atoms with van der Waals surface area (Å²) in [6.45, 7) is 1.63. The van der Waals surface area contributed by atoms with Crippen molar-refractivity contribution in [3.05, 3.63) is 81.7 Å². The summed E-state index contributed by atoms with van der Waals surface area (Å²) in [5.41, 5.74) is 5.59. The van der Waals surface area contributed by atoms with Crippen LogP contribution in [0.5, 0.6) is 0 Å². The molecule has 0 spiro atoms. The number of rotatable bonds is 6. The van der Waals surface area contributed by atoms with Crippen molar-refractivity contribution in [1.29, 1.82) is 0 Å². The van der Waals surface area contributed by atoms with Crippen LogP contribution in [0.3, 0.4) is 0 Å². The van der Waals surface area contributed by atoms with Crippen molar-refractivity contribution in [1.82, 2.24) is 9.55 Å². The van der Waals surface area contributed by atoms with E-state index in [2.05, 4.69) is 10.3 Å². The number of hydrogen-bond acceptors (Lipinski definition) is 6. The van der Waals surface area contributed by atoms with Gasteiger partial charge in [0.05, 0.1) is 27.4 Å². The number of nitrogens with zero attached hydrogens (tertiary/aromatic N) is 2.